The highest BCUT2D eigenvalue weighted by molar-refractivity contribution is 6.32. The summed E-state index contributed by atoms with van der Waals surface area (Å²) >= 11 is 6.05. The van der Waals surface area contributed by atoms with E-state index in [9.17, 15) is 9.59 Å². The number of fused-ring (bicyclic) bond motifs is 1. The molecule has 112 valence electrons. The Hall–Kier alpha value is -1.95. The van der Waals surface area contributed by atoms with E-state index in [4.69, 9.17) is 26.2 Å². The predicted molar refractivity (Wildman–Crippen MR) is 73.8 cm³/mol. The molecule has 21 heavy (non-hydrogen) atoms. The van der Waals surface area contributed by atoms with Crippen LogP contribution in [-0.2, 0) is 4.79 Å². The second-order valence-electron chi connectivity index (χ2n) is 5.29. The first kappa shape index (κ1) is 14.0. The minimum atomic E-state index is -0.835. The van der Waals surface area contributed by atoms with Crippen molar-refractivity contribution in [2.24, 2.45) is 11.8 Å². The Morgan fingerprint density at radius 1 is 1.38 bits per heavy atom. The van der Waals surface area contributed by atoms with Gasteiger partial charge in [0.2, 0.25) is 6.79 Å². The highest BCUT2D eigenvalue weighted by Crippen LogP contribution is 2.40. The molecule has 0 spiro atoms. The Morgan fingerprint density at radius 2 is 2.10 bits per heavy atom. The molecule has 0 saturated carbocycles. The quantitative estimate of drug-likeness (QED) is 0.922. The molecule has 6 nitrogen and oxygen atoms in total. The Kier molecular flexibility index (Phi) is 3.41. The Labute approximate surface area is 126 Å². The van der Waals surface area contributed by atoms with E-state index in [1.807, 2.05) is 0 Å². The maximum atomic E-state index is 12.3. The van der Waals surface area contributed by atoms with Gasteiger partial charge in [-0.1, -0.05) is 18.5 Å². The van der Waals surface area contributed by atoms with Crippen LogP contribution in [0.15, 0.2) is 12.1 Å². The molecule has 1 aromatic carbocycles. The van der Waals surface area contributed by atoms with Crippen molar-refractivity contribution in [1.29, 1.82) is 0 Å². The number of benzene rings is 1. The van der Waals surface area contributed by atoms with Gasteiger partial charge in [0.1, 0.15) is 0 Å². The van der Waals surface area contributed by atoms with Crippen molar-refractivity contribution in [3.05, 3.63) is 22.7 Å². The summed E-state index contributed by atoms with van der Waals surface area (Å²) in [6.45, 7) is 2.64. The molecule has 2 heterocycles. The van der Waals surface area contributed by atoms with E-state index in [0.29, 0.717) is 35.2 Å². The Balaban J connectivity index is 1.71. The zero-order valence-electron chi connectivity index (χ0n) is 11.3. The highest BCUT2D eigenvalue weighted by atomic mass is 35.5. The van der Waals surface area contributed by atoms with Gasteiger partial charge >= 0.3 is 5.97 Å². The molecule has 3 rings (SSSR count). The van der Waals surface area contributed by atoms with Crippen LogP contribution >= 0.6 is 11.6 Å². The molecule has 2 aliphatic rings. The molecule has 0 radical (unpaired) electrons. The van der Waals surface area contributed by atoms with Gasteiger partial charge in [0.25, 0.3) is 5.91 Å². The summed E-state index contributed by atoms with van der Waals surface area (Å²) in [5.41, 5.74) is 0.422. The predicted octanol–water partition coefficient (Wildman–Crippen LogP) is 1.86. The summed E-state index contributed by atoms with van der Waals surface area (Å²) < 4.78 is 10.4. The molecule has 0 bridgehead atoms. The molecular weight excluding hydrogens is 298 g/mol. The third-order valence-corrected chi connectivity index (χ3v) is 4.25. The van der Waals surface area contributed by atoms with Gasteiger partial charge in [0, 0.05) is 24.6 Å². The SMILES string of the molecule is CC(C(=O)O)C1CN(C(=O)c2cc(Cl)c3c(c2)OCO3)C1. The van der Waals surface area contributed by atoms with Crippen molar-refractivity contribution in [2.75, 3.05) is 19.9 Å². The summed E-state index contributed by atoms with van der Waals surface area (Å²) in [5, 5.41) is 9.29. The van der Waals surface area contributed by atoms with Crippen LogP contribution < -0.4 is 9.47 Å². The average Bonchev–Trinajstić information content (AvgIpc) is 2.85. The fourth-order valence-electron chi connectivity index (χ4n) is 2.47. The van der Waals surface area contributed by atoms with E-state index < -0.39 is 11.9 Å². The van der Waals surface area contributed by atoms with E-state index in [0.717, 1.165) is 0 Å². The summed E-state index contributed by atoms with van der Waals surface area (Å²) in [6, 6.07) is 3.15. The molecule has 1 N–H and O–H groups in total. The number of carboxylic acid groups (broad SMARTS) is 1. The maximum Gasteiger partial charge on any atom is 0.306 e. The first-order valence-electron chi connectivity index (χ1n) is 6.58. The lowest BCUT2D eigenvalue weighted by atomic mass is 9.86. The summed E-state index contributed by atoms with van der Waals surface area (Å²) in [5.74, 6) is -0.552. The Bertz CT molecular complexity index is 612. The topological polar surface area (TPSA) is 76.1 Å². The van der Waals surface area contributed by atoms with Gasteiger partial charge in [-0.3, -0.25) is 9.59 Å². The number of carbonyl (C=O) groups excluding carboxylic acids is 1. The lowest BCUT2D eigenvalue weighted by Gasteiger charge is -2.41. The highest BCUT2D eigenvalue weighted by Gasteiger charge is 2.37. The summed E-state index contributed by atoms with van der Waals surface area (Å²) in [4.78, 5) is 24.9. The van der Waals surface area contributed by atoms with Gasteiger partial charge in [-0.15, -0.1) is 0 Å². The first-order valence-corrected chi connectivity index (χ1v) is 6.96. The standard InChI is InChI=1S/C14H14ClNO5/c1-7(14(18)19)9-4-16(5-9)13(17)8-2-10(15)12-11(3-8)20-6-21-12/h2-3,7,9H,4-6H2,1H3,(H,18,19). The normalized spacial score (nSPS) is 18.3. The lowest BCUT2D eigenvalue weighted by Crippen LogP contribution is -2.53. The molecule has 1 amide bonds. The number of rotatable bonds is 3. The van der Waals surface area contributed by atoms with E-state index in [1.54, 1.807) is 24.0 Å². The molecule has 1 aromatic rings. The molecule has 2 aliphatic heterocycles. The maximum absolute atomic E-state index is 12.3. The first-order chi connectivity index (χ1) is 9.97. The largest absolute Gasteiger partial charge is 0.481 e. The lowest BCUT2D eigenvalue weighted by molar-refractivity contribution is -0.144. The average molecular weight is 312 g/mol. The molecule has 1 saturated heterocycles. The molecule has 0 aromatic heterocycles. The van der Waals surface area contributed by atoms with Gasteiger partial charge in [-0.2, -0.15) is 0 Å². The van der Waals surface area contributed by atoms with Crippen molar-refractivity contribution in [3.63, 3.8) is 0 Å². The van der Waals surface area contributed by atoms with Crippen LogP contribution in [-0.4, -0.2) is 41.8 Å². The van der Waals surface area contributed by atoms with Crippen molar-refractivity contribution < 1.29 is 24.2 Å². The molecule has 7 heteroatoms. The van der Waals surface area contributed by atoms with E-state index in [1.165, 1.54) is 0 Å². The second-order valence-corrected chi connectivity index (χ2v) is 5.70. The van der Waals surface area contributed by atoms with E-state index in [-0.39, 0.29) is 18.6 Å². The van der Waals surface area contributed by atoms with Crippen LogP contribution in [0, 0.1) is 11.8 Å². The number of hydrogen-bond acceptors (Lipinski definition) is 4. The Morgan fingerprint density at radius 3 is 2.76 bits per heavy atom. The number of nitrogens with zero attached hydrogens (tertiary/aromatic N) is 1. The van der Waals surface area contributed by atoms with E-state index >= 15 is 0 Å². The van der Waals surface area contributed by atoms with Crippen molar-refractivity contribution in [3.8, 4) is 11.5 Å². The number of halogens is 1. The van der Waals surface area contributed by atoms with Crippen LogP contribution in [0.25, 0.3) is 0 Å². The van der Waals surface area contributed by atoms with Gasteiger partial charge in [-0.05, 0) is 12.1 Å². The van der Waals surface area contributed by atoms with Gasteiger partial charge < -0.3 is 19.5 Å². The number of likely N-dealkylation sites (tertiary alicyclic amines) is 1. The summed E-state index contributed by atoms with van der Waals surface area (Å²) in [7, 11) is 0. The minimum Gasteiger partial charge on any atom is -0.481 e. The monoisotopic (exact) mass is 311 g/mol. The smallest absolute Gasteiger partial charge is 0.306 e. The van der Waals surface area contributed by atoms with Gasteiger partial charge in [0.05, 0.1) is 10.9 Å². The van der Waals surface area contributed by atoms with Gasteiger partial charge in [0.15, 0.2) is 11.5 Å². The number of amides is 1. The van der Waals surface area contributed by atoms with Crippen LogP contribution in [0.4, 0.5) is 0 Å². The van der Waals surface area contributed by atoms with Crippen molar-refractivity contribution in [2.45, 2.75) is 6.92 Å². The molecular formula is C14H14ClNO5. The number of carboxylic acids is 1. The zero-order chi connectivity index (χ0) is 15.1. The minimum absolute atomic E-state index is 0.00377. The second kappa shape index (κ2) is 5.11. The molecule has 1 fully saturated rings. The van der Waals surface area contributed by atoms with Crippen LogP contribution in [0.2, 0.25) is 5.02 Å². The number of carbonyl (C=O) groups is 2. The van der Waals surface area contributed by atoms with E-state index in [2.05, 4.69) is 0 Å². The zero-order valence-corrected chi connectivity index (χ0v) is 12.1. The van der Waals surface area contributed by atoms with Crippen molar-refractivity contribution >= 4 is 23.5 Å². The third-order valence-electron chi connectivity index (χ3n) is 3.97. The van der Waals surface area contributed by atoms with Crippen LogP contribution in [0.1, 0.15) is 17.3 Å². The molecule has 1 atom stereocenters. The summed E-state index contributed by atoms with van der Waals surface area (Å²) in [6.07, 6.45) is 0. The number of hydrogen-bond donors (Lipinski definition) is 1. The third kappa shape index (κ3) is 2.40. The molecule has 0 aliphatic carbocycles. The fourth-order valence-corrected chi connectivity index (χ4v) is 2.74. The number of ether oxygens (including phenoxy) is 2. The van der Waals surface area contributed by atoms with Crippen LogP contribution in [0.3, 0.4) is 0 Å². The fraction of sp³-hybridized carbons (Fsp3) is 0.429. The molecule has 1 unspecified atom stereocenters. The van der Waals surface area contributed by atoms with Crippen molar-refractivity contribution in [1.82, 2.24) is 4.90 Å². The van der Waals surface area contributed by atoms with Gasteiger partial charge in [-0.25, -0.2) is 0 Å². The van der Waals surface area contributed by atoms with Crippen LogP contribution in [0.5, 0.6) is 11.5 Å². The number of aliphatic carboxylic acids is 1.